The molecule has 1 aromatic rings. The summed E-state index contributed by atoms with van der Waals surface area (Å²) in [5.74, 6) is -0.289. The Balaban J connectivity index is 1.95. The molecule has 0 saturated heterocycles. The lowest BCUT2D eigenvalue weighted by Gasteiger charge is -2.40. The third-order valence-corrected chi connectivity index (χ3v) is 4.73. The van der Waals surface area contributed by atoms with Gasteiger partial charge in [0.1, 0.15) is 11.6 Å². The Kier molecular flexibility index (Phi) is 4.59. The van der Waals surface area contributed by atoms with Gasteiger partial charge in [0.25, 0.3) is 0 Å². The van der Waals surface area contributed by atoms with E-state index in [1.54, 1.807) is 0 Å². The second kappa shape index (κ2) is 5.93. The van der Waals surface area contributed by atoms with E-state index in [1.165, 1.54) is 18.2 Å². The minimum absolute atomic E-state index is 0.0770. The van der Waals surface area contributed by atoms with Gasteiger partial charge in [-0.3, -0.25) is 0 Å². The number of halogens is 1. The first-order chi connectivity index (χ1) is 9.71. The first-order valence-corrected chi connectivity index (χ1v) is 7.65. The Morgan fingerprint density at radius 2 is 1.86 bits per heavy atom. The van der Waals surface area contributed by atoms with Crippen molar-refractivity contribution in [2.75, 3.05) is 6.54 Å². The number of phenolic OH excluding ortho intramolecular Hbond substituents is 1. The van der Waals surface area contributed by atoms with Crippen LogP contribution >= 0.6 is 0 Å². The van der Waals surface area contributed by atoms with Gasteiger partial charge in [-0.1, -0.05) is 13.8 Å². The fraction of sp³-hybridized carbons (Fsp3) is 0.647. The van der Waals surface area contributed by atoms with Gasteiger partial charge in [-0.25, -0.2) is 4.39 Å². The van der Waals surface area contributed by atoms with E-state index in [4.69, 9.17) is 0 Å². The Morgan fingerprint density at radius 3 is 2.48 bits per heavy atom. The lowest BCUT2D eigenvalue weighted by molar-refractivity contribution is -0.0258. The minimum atomic E-state index is -0.702. The van der Waals surface area contributed by atoms with Crippen molar-refractivity contribution in [1.29, 1.82) is 0 Å². The van der Waals surface area contributed by atoms with Crippen molar-refractivity contribution >= 4 is 0 Å². The summed E-state index contributed by atoms with van der Waals surface area (Å²) in [6, 6.07) is 3.73. The molecule has 3 nitrogen and oxygen atoms in total. The quantitative estimate of drug-likeness (QED) is 0.796. The number of benzene rings is 1. The van der Waals surface area contributed by atoms with Crippen LogP contribution in [-0.4, -0.2) is 22.4 Å². The van der Waals surface area contributed by atoms with Crippen LogP contribution in [0.3, 0.4) is 0 Å². The monoisotopic (exact) mass is 295 g/mol. The van der Waals surface area contributed by atoms with Crippen LogP contribution in [0.2, 0.25) is 0 Å². The van der Waals surface area contributed by atoms with Crippen LogP contribution in [0.5, 0.6) is 5.75 Å². The molecular weight excluding hydrogens is 269 g/mol. The summed E-state index contributed by atoms with van der Waals surface area (Å²) < 4.78 is 13.3. The summed E-state index contributed by atoms with van der Waals surface area (Å²) in [5, 5.41) is 23.7. The third-order valence-electron chi connectivity index (χ3n) is 4.73. The van der Waals surface area contributed by atoms with Crippen LogP contribution in [-0.2, 0) is 0 Å². The maximum Gasteiger partial charge on any atom is 0.123 e. The van der Waals surface area contributed by atoms with Crippen LogP contribution in [0.25, 0.3) is 0 Å². The highest BCUT2D eigenvalue weighted by Gasteiger charge is 2.36. The molecule has 0 aromatic heterocycles. The minimum Gasteiger partial charge on any atom is -0.508 e. The Hall–Kier alpha value is -1.13. The number of hydrogen-bond donors (Lipinski definition) is 3. The fourth-order valence-electron chi connectivity index (χ4n) is 2.89. The molecule has 0 radical (unpaired) electrons. The van der Waals surface area contributed by atoms with E-state index < -0.39 is 5.60 Å². The number of aliphatic hydroxyl groups is 1. The van der Waals surface area contributed by atoms with Crippen molar-refractivity contribution in [2.24, 2.45) is 5.41 Å². The average Bonchev–Trinajstić information content (AvgIpc) is 2.43. The maximum absolute atomic E-state index is 13.3. The zero-order valence-electron chi connectivity index (χ0n) is 13.1. The highest BCUT2D eigenvalue weighted by molar-refractivity contribution is 5.34. The molecule has 0 aliphatic heterocycles. The predicted octanol–water partition coefficient (Wildman–Crippen LogP) is 3.51. The highest BCUT2D eigenvalue weighted by Crippen LogP contribution is 2.40. The van der Waals surface area contributed by atoms with Gasteiger partial charge >= 0.3 is 0 Å². The van der Waals surface area contributed by atoms with Gasteiger partial charge < -0.3 is 15.5 Å². The molecule has 21 heavy (non-hydrogen) atoms. The largest absolute Gasteiger partial charge is 0.508 e. The molecule has 3 N–H and O–H groups in total. The summed E-state index contributed by atoms with van der Waals surface area (Å²) in [5.41, 5.74) is 0.125. The maximum atomic E-state index is 13.3. The van der Waals surface area contributed by atoms with E-state index in [1.807, 2.05) is 6.92 Å². The van der Waals surface area contributed by atoms with Gasteiger partial charge in [0.2, 0.25) is 0 Å². The van der Waals surface area contributed by atoms with Crippen LogP contribution in [0.4, 0.5) is 4.39 Å². The fourth-order valence-corrected chi connectivity index (χ4v) is 2.89. The molecule has 118 valence electrons. The topological polar surface area (TPSA) is 52.5 Å². The van der Waals surface area contributed by atoms with Crippen LogP contribution in [0.15, 0.2) is 18.2 Å². The van der Waals surface area contributed by atoms with Crippen molar-refractivity contribution in [3.8, 4) is 5.75 Å². The number of phenols is 1. The first kappa shape index (κ1) is 16.2. The molecule has 1 atom stereocenters. The Bertz CT molecular complexity index is 492. The van der Waals surface area contributed by atoms with E-state index in [9.17, 15) is 14.6 Å². The van der Waals surface area contributed by atoms with Crippen molar-refractivity contribution in [3.05, 3.63) is 29.6 Å². The average molecular weight is 295 g/mol. The van der Waals surface area contributed by atoms with Gasteiger partial charge in [-0.15, -0.1) is 0 Å². The molecule has 1 aliphatic carbocycles. The zero-order chi connectivity index (χ0) is 15.7. The molecule has 1 fully saturated rings. The van der Waals surface area contributed by atoms with E-state index in [2.05, 4.69) is 19.2 Å². The molecule has 1 unspecified atom stereocenters. The van der Waals surface area contributed by atoms with Crippen LogP contribution in [0, 0.1) is 11.2 Å². The number of nitrogens with one attached hydrogen (secondary N) is 1. The normalized spacial score (nSPS) is 22.0. The molecule has 2 rings (SSSR count). The SMILES string of the molecule is CC(NCC1(O)CCC(C)(C)CC1)c1cc(F)ccc1O. The van der Waals surface area contributed by atoms with Crippen LogP contribution in [0.1, 0.15) is 58.1 Å². The molecule has 0 spiro atoms. The lowest BCUT2D eigenvalue weighted by atomic mass is 9.71. The van der Waals surface area contributed by atoms with E-state index in [0.717, 1.165) is 25.7 Å². The Labute approximate surface area is 126 Å². The lowest BCUT2D eigenvalue weighted by Crippen LogP contribution is -2.45. The molecule has 0 bridgehead atoms. The Morgan fingerprint density at radius 1 is 1.24 bits per heavy atom. The summed E-state index contributed by atoms with van der Waals surface area (Å²) in [6.45, 7) is 6.78. The second-order valence-electron chi connectivity index (χ2n) is 7.19. The van der Waals surface area contributed by atoms with E-state index in [0.29, 0.717) is 17.5 Å². The standard InChI is InChI=1S/C17H26FNO2/c1-12(14-10-13(18)4-5-15(14)20)19-11-17(21)8-6-16(2,3)7-9-17/h4-5,10,12,19-21H,6-9,11H2,1-3H3. The van der Waals surface area contributed by atoms with Gasteiger partial charge in [0, 0.05) is 18.2 Å². The molecule has 1 aliphatic rings. The summed E-state index contributed by atoms with van der Waals surface area (Å²) >= 11 is 0. The number of hydrogen-bond acceptors (Lipinski definition) is 3. The van der Waals surface area contributed by atoms with Crippen molar-refractivity contribution in [1.82, 2.24) is 5.32 Å². The van der Waals surface area contributed by atoms with E-state index in [-0.39, 0.29) is 17.6 Å². The predicted molar refractivity (Wildman–Crippen MR) is 81.7 cm³/mol. The smallest absolute Gasteiger partial charge is 0.123 e. The zero-order valence-corrected chi connectivity index (χ0v) is 13.1. The van der Waals surface area contributed by atoms with E-state index >= 15 is 0 Å². The van der Waals surface area contributed by atoms with Crippen molar-refractivity contribution < 1.29 is 14.6 Å². The molecule has 1 aromatic carbocycles. The summed E-state index contributed by atoms with van der Waals surface area (Å²) in [6.07, 6.45) is 3.55. The van der Waals surface area contributed by atoms with Gasteiger partial charge in [0.15, 0.2) is 0 Å². The van der Waals surface area contributed by atoms with Gasteiger partial charge in [-0.05, 0) is 56.2 Å². The second-order valence-corrected chi connectivity index (χ2v) is 7.19. The highest BCUT2D eigenvalue weighted by atomic mass is 19.1. The molecule has 0 amide bonds. The summed E-state index contributed by atoms with van der Waals surface area (Å²) in [4.78, 5) is 0. The number of rotatable bonds is 4. The molecule has 1 saturated carbocycles. The van der Waals surface area contributed by atoms with Crippen LogP contribution < -0.4 is 5.32 Å². The third kappa shape index (κ3) is 4.17. The van der Waals surface area contributed by atoms with Crippen molar-refractivity contribution in [2.45, 2.75) is 58.1 Å². The first-order valence-electron chi connectivity index (χ1n) is 7.65. The molecular formula is C17H26FNO2. The molecule has 4 heteroatoms. The van der Waals surface area contributed by atoms with Gasteiger partial charge in [0.05, 0.1) is 5.60 Å². The van der Waals surface area contributed by atoms with Gasteiger partial charge in [-0.2, -0.15) is 0 Å². The summed E-state index contributed by atoms with van der Waals surface area (Å²) in [7, 11) is 0. The molecule has 0 heterocycles. The number of aromatic hydroxyl groups is 1. The van der Waals surface area contributed by atoms with Crippen molar-refractivity contribution in [3.63, 3.8) is 0 Å².